The van der Waals surface area contributed by atoms with Crippen molar-refractivity contribution in [2.45, 2.75) is 6.92 Å². The number of rotatable bonds is 2. The lowest BCUT2D eigenvalue weighted by molar-refractivity contribution is 0.976. The van der Waals surface area contributed by atoms with Crippen molar-refractivity contribution in [3.8, 4) is 0 Å². The number of hydrogen-bond donors (Lipinski definition) is 0. The molecule has 0 aliphatic carbocycles. The highest BCUT2D eigenvalue weighted by Gasteiger charge is 2.29. The first-order valence-electron chi connectivity index (χ1n) is 7.30. The van der Waals surface area contributed by atoms with Crippen molar-refractivity contribution in [1.82, 2.24) is 9.97 Å². The minimum atomic E-state index is 0.739. The van der Waals surface area contributed by atoms with Gasteiger partial charge in [0, 0.05) is 11.4 Å². The summed E-state index contributed by atoms with van der Waals surface area (Å²) < 4.78 is 0. The summed E-state index contributed by atoms with van der Waals surface area (Å²) in [5, 5.41) is 0. The number of hydrogen-bond acceptors (Lipinski definition) is 4. The second-order valence-electron chi connectivity index (χ2n) is 5.35. The van der Waals surface area contributed by atoms with Crippen molar-refractivity contribution in [2.24, 2.45) is 0 Å². The number of fused-ring (bicyclic) bond motifs is 1. The molecule has 1 aliphatic heterocycles. The van der Waals surface area contributed by atoms with Gasteiger partial charge in [-0.2, -0.15) is 0 Å². The van der Waals surface area contributed by atoms with Crippen molar-refractivity contribution in [1.29, 1.82) is 0 Å². The predicted molar refractivity (Wildman–Crippen MR) is 88.8 cm³/mol. The molecule has 0 saturated carbocycles. The maximum atomic E-state index is 4.51. The molecular formula is C18H16N4. The van der Waals surface area contributed by atoms with Gasteiger partial charge < -0.3 is 9.80 Å². The average molecular weight is 288 g/mol. The molecule has 1 aromatic heterocycles. The molecule has 22 heavy (non-hydrogen) atoms. The van der Waals surface area contributed by atoms with Crippen molar-refractivity contribution >= 4 is 22.9 Å². The van der Waals surface area contributed by atoms with Crippen molar-refractivity contribution in [3.63, 3.8) is 0 Å². The van der Waals surface area contributed by atoms with Gasteiger partial charge in [0.1, 0.15) is 18.7 Å². The summed E-state index contributed by atoms with van der Waals surface area (Å²) in [7, 11) is 0. The molecule has 0 N–H and O–H groups in total. The van der Waals surface area contributed by atoms with Crippen molar-refractivity contribution in [2.75, 3.05) is 16.5 Å². The van der Waals surface area contributed by atoms with Gasteiger partial charge in [-0.3, -0.25) is 0 Å². The highest BCUT2D eigenvalue weighted by Crippen LogP contribution is 2.42. The Hall–Kier alpha value is -2.88. The number of aromatic nitrogens is 2. The minimum absolute atomic E-state index is 0.739. The quantitative estimate of drug-likeness (QED) is 0.712. The number of para-hydroxylation sites is 2. The van der Waals surface area contributed by atoms with Gasteiger partial charge >= 0.3 is 0 Å². The predicted octanol–water partition coefficient (Wildman–Crippen LogP) is 4.03. The fourth-order valence-corrected chi connectivity index (χ4v) is 2.88. The van der Waals surface area contributed by atoms with E-state index < -0.39 is 0 Å². The van der Waals surface area contributed by atoms with E-state index >= 15 is 0 Å². The van der Waals surface area contributed by atoms with Crippen LogP contribution >= 0.6 is 0 Å². The van der Waals surface area contributed by atoms with Crippen LogP contribution in [0, 0.1) is 6.92 Å². The molecular weight excluding hydrogens is 272 g/mol. The number of anilines is 4. The average Bonchev–Trinajstić information content (AvgIpc) is 2.96. The van der Waals surface area contributed by atoms with Gasteiger partial charge in [0.05, 0.1) is 6.20 Å². The zero-order valence-corrected chi connectivity index (χ0v) is 12.3. The third-order valence-corrected chi connectivity index (χ3v) is 3.98. The van der Waals surface area contributed by atoms with Crippen LogP contribution in [0.5, 0.6) is 0 Å². The van der Waals surface area contributed by atoms with E-state index in [1.807, 2.05) is 12.3 Å². The summed E-state index contributed by atoms with van der Waals surface area (Å²) in [6, 6.07) is 18.7. The smallest absolute Gasteiger partial charge is 0.162 e. The Morgan fingerprint density at radius 1 is 0.864 bits per heavy atom. The van der Waals surface area contributed by atoms with E-state index in [-0.39, 0.29) is 0 Å². The monoisotopic (exact) mass is 288 g/mol. The first-order valence-corrected chi connectivity index (χ1v) is 7.30. The Kier molecular flexibility index (Phi) is 3.00. The van der Waals surface area contributed by atoms with Crippen LogP contribution in [-0.4, -0.2) is 16.6 Å². The van der Waals surface area contributed by atoms with Gasteiger partial charge in [-0.05, 0) is 30.7 Å². The first kappa shape index (κ1) is 12.8. The highest BCUT2D eigenvalue weighted by atomic mass is 15.4. The SMILES string of the molecule is Cc1ccccc1N1CN(c2ccccc2)c2cncnc21. The maximum Gasteiger partial charge on any atom is 0.162 e. The van der Waals surface area contributed by atoms with Crippen molar-refractivity contribution < 1.29 is 0 Å². The summed E-state index contributed by atoms with van der Waals surface area (Å²) in [5.74, 6) is 0.952. The van der Waals surface area contributed by atoms with Gasteiger partial charge in [-0.25, -0.2) is 9.97 Å². The molecule has 2 aromatic carbocycles. The van der Waals surface area contributed by atoms with E-state index in [1.54, 1.807) is 6.33 Å². The third kappa shape index (κ3) is 2.00. The van der Waals surface area contributed by atoms with Crippen LogP contribution in [0.4, 0.5) is 22.9 Å². The molecule has 108 valence electrons. The van der Waals surface area contributed by atoms with Crippen LogP contribution in [0.25, 0.3) is 0 Å². The van der Waals surface area contributed by atoms with Gasteiger partial charge in [-0.1, -0.05) is 36.4 Å². The topological polar surface area (TPSA) is 32.3 Å². The lowest BCUT2D eigenvalue weighted by Crippen LogP contribution is -2.24. The summed E-state index contributed by atoms with van der Waals surface area (Å²) in [4.78, 5) is 13.2. The summed E-state index contributed by atoms with van der Waals surface area (Å²) >= 11 is 0. The third-order valence-electron chi connectivity index (χ3n) is 3.98. The van der Waals surface area contributed by atoms with Gasteiger partial charge in [0.15, 0.2) is 5.82 Å². The van der Waals surface area contributed by atoms with Crippen LogP contribution < -0.4 is 9.80 Å². The standard InChI is InChI=1S/C18H16N4/c1-14-7-5-6-10-16(14)22-13-21(15-8-3-2-4-9-15)17-11-19-12-20-18(17)22/h2-12H,13H2,1H3. The Morgan fingerprint density at radius 3 is 2.45 bits per heavy atom. The van der Waals surface area contributed by atoms with E-state index in [0.29, 0.717) is 0 Å². The Balaban J connectivity index is 1.83. The van der Waals surface area contributed by atoms with Gasteiger partial charge in [0.25, 0.3) is 0 Å². The second kappa shape index (κ2) is 5.15. The lowest BCUT2D eigenvalue weighted by Gasteiger charge is -2.22. The van der Waals surface area contributed by atoms with Gasteiger partial charge in [0.2, 0.25) is 0 Å². The molecule has 0 spiro atoms. The van der Waals surface area contributed by atoms with E-state index in [9.17, 15) is 0 Å². The molecule has 2 heterocycles. The first-order chi connectivity index (χ1) is 10.8. The van der Waals surface area contributed by atoms with E-state index in [4.69, 9.17) is 0 Å². The van der Waals surface area contributed by atoms with E-state index in [1.165, 1.54) is 11.3 Å². The van der Waals surface area contributed by atoms with Crippen molar-refractivity contribution in [3.05, 3.63) is 72.7 Å². The van der Waals surface area contributed by atoms with Crippen LogP contribution in [0.15, 0.2) is 67.1 Å². The summed E-state index contributed by atoms with van der Waals surface area (Å²) in [5.41, 5.74) is 4.61. The summed E-state index contributed by atoms with van der Waals surface area (Å²) in [6.45, 7) is 2.87. The molecule has 0 saturated heterocycles. The number of aryl methyl sites for hydroxylation is 1. The zero-order valence-electron chi connectivity index (χ0n) is 12.3. The van der Waals surface area contributed by atoms with Crippen LogP contribution in [0.3, 0.4) is 0 Å². The Labute approximate surface area is 129 Å². The maximum absolute atomic E-state index is 4.51. The fourth-order valence-electron chi connectivity index (χ4n) is 2.88. The van der Waals surface area contributed by atoms with E-state index in [2.05, 4.69) is 75.2 Å². The fraction of sp³-hybridized carbons (Fsp3) is 0.111. The molecule has 0 bridgehead atoms. The Morgan fingerprint density at radius 2 is 1.64 bits per heavy atom. The molecule has 4 rings (SSSR count). The zero-order chi connectivity index (χ0) is 14.9. The molecule has 4 nitrogen and oxygen atoms in total. The van der Waals surface area contributed by atoms with Crippen LogP contribution in [0.1, 0.15) is 5.56 Å². The minimum Gasteiger partial charge on any atom is -0.318 e. The summed E-state index contributed by atoms with van der Waals surface area (Å²) in [6.07, 6.45) is 3.49. The lowest BCUT2D eigenvalue weighted by atomic mass is 10.2. The normalized spacial score (nSPS) is 13.3. The molecule has 3 aromatic rings. The molecule has 4 heteroatoms. The van der Waals surface area contributed by atoms with Crippen LogP contribution in [0.2, 0.25) is 0 Å². The van der Waals surface area contributed by atoms with E-state index in [0.717, 1.165) is 23.9 Å². The molecule has 0 radical (unpaired) electrons. The highest BCUT2D eigenvalue weighted by molar-refractivity contribution is 5.84. The Bertz CT molecular complexity index is 801. The molecule has 0 amide bonds. The van der Waals surface area contributed by atoms with Crippen LogP contribution in [-0.2, 0) is 0 Å². The number of benzene rings is 2. The largest absolute Gasteiger partial charge is 0.318 e. The molecule has 0 atom stereocenters. The molecule has 0 unspecified atom stereocenters. The molecule has 0 fully saturated rings. The number of nitrogens with zero attached hydrogens (tertiary/aromatic N) is 4. The molecule has 1 aliphatic rings. The van der Waals surface area contributed by atoms with Gasteiger partial charge in [-0.15, -0.1) is 0 Å². The second-order valence-corrected chi connectivity index (χ2v) is 5.35.